The van der Waals surface area contributed by atoms with Gasteiger partial charge in [-0.1, -0.05) is 49.7 Å². The smallest absolute Gasteiger partial charge is 0.115 e. The molecule has 0 heterocycles. The maximum Gasteiger partial charge on any atom is 0.115 e. The number of aryl methyl sites for hydroxylation is 1. The first-order chi connectivity index (χ1) is 10.2. The van der Waals surface area contributed by atoms with Crippen molar-refractivity contribution >= 4 is 0 Å². The van der Waals surface area contributed by atoms with Crippen LogP contribution in [0.4, 0.5) is 0 Å². The van der Waals surface area contributed by atoms with Crippen LogP contribution >= 0.6 is 0 Å². The lowest BCUT2D eigenvalue weighted by molar-refractivity contribution is 0.355. The van der Waals surface area contributed by atoms with Crippen LogP contribution in [-0.2, 0) is 18.3 Å². The molecule has 0 spiro atoms. The number of phenolic OH excluding ortho intramolecular Hbond substituents is 1. The summed E-state index contributed by atoms with van der Waals surface area (Å²) < 4.78 is 0. The van der Waals surface area contributed by atoms with Gasteiger partial charge in [0.25, 0.3) is 0 Å². The van der Waals surface area contributed by atoms with Crippen molar-refractivity contribution in [3.63, 3.8) is 0 Å². The van der Waals surface area contributed by atoms with Crippen LogP contribution in [0.25, 0.3) is 0 Å². The van der Waals surface area contributed by atoms with Crippen LogP contribution < -0.4 is 0 Å². The number of phenols is 1. The van der Waals surface area contributed by atoms with Gasteiger partial charge in [0, 0.05) is 0 Å². The summed E-state index contributed by atoms with van der Waals surface area (Å²) in [5.41, 5.74) is 4.65. The van der Waals surface area contributed by atoms with Crippen molar-refractivity contribution in [1.29, 1.82) is 0 Å². The quantitative estimate of drug-likeness (QED) is 0.784. The van der Waals surface area contributed by atoms with Gasteiger partial charge < -0.3 is 5.11 Å². The van der Waals surface area contributed by atoms with Crippen LogP contribution in [0.1, 0.15) is 49.3 Å². The Morgan fingerprint density at radius 3 is 2.43 bits per heavy atom. The maximum atomic E-state index is 9.58. The minimum atomic E-state index is 0.231. The van der Waals surface area contributed by atoms with Gasteiger partial charge in [-0.3, -0.25) is 0 Å². The number of benzene rings is 2. The second-order valence-electron chi connectivity index (χ2n) is 6.38. The van der Waals surface area contributed by atoms with E-state index in [1.807, 2.05) is 12.1 Å². The zero-order chi connectivity index (χ0) is 14.7. The van der Waals surface area contributed by atoms with E-state index in [0.717, 1.165) is 6.42 Å². The average Bonchev–Trinajstić information content (AvgIpc) is 2.68. The van der Waals surface area contributed by atoms with E-state index in [9.17, 15) is 5.11 Å². The summed E-state index contributed by atoms with van der Waals surface area (Å²) in [6, 6.07) is 16.8. The van der Waals surface area contributed by atoms with E-state index in [4.69, 9.17) is 0 Å². The molecule has 0 radical (unpaired) electrons. The summed E-state index contributed by atoms with van der Waals surface area (Å²) in [4.78, 5) is 0. The Balaban J connectivity index is 2.03. The van der Waals surface area contributed by atoms with Crippen molar-refractivity contribution in [3.05, 3.63) is 65.2 Å². The van der Waals surface area contributed by atoms with Crippen molar-refractivity contribution in [1.82, 2.24) is 0 Å². The first-order valence-corrected chi connectivity index (χ1v) is 8.10. The lowest BCUT2D eigenvalue weighted by atomic mass is 9.70. The van der Waals surface area contributed by atoms with Crippen molar-refractivity contribution in [2.24, 2.45) is 0 Å². The molecule has 1 heteroatoms. The lowest BCUT2D eigenvalue weighted by Crippen LogP contribution is -2.28. The van der Waals surface area contributed by atoms with Gasteiger partial charge in [0.1, 0.15) is 5.75 Å². The van der Waals surface area contributed by atoms with Crippen LogP contribution in [0.3, 0.4) is 0 Å². The van der Waals surface area contributed by atoms with E-state index in [1.54, 1.807) is 0 Å². The molecule has 1 atom stereocenters. The Morgan fingerprint density at radius 2 is 1.71 bits per heavy atom. The highest BCUT2D eigenvalue weighted by atomic mass is 16.3. The Morgan fingerprint density at radius 1 is 1.00 bits per heavy atom. The molecular weight excluding hydrogens is 256 g/mol. The number of fused-ring (bicyclic) bond motifs is 1. The summed E-state index contributed by atoms with van der Waals surface area (Å²) in [6.45, 7) is 2.28. The molecule has 110 valence electrons. The largest absolute Gasteiger partial charge is 0.508 e. The van der Waals surface area contributed by atoms with Crippen LogP contribution in [0, 0.1) is 0 Å². The number of aromatic hydroxyl groups is 1. The Kier molecular flexibility index (Phi) is 4.01. The first kappa shape index (κ1) is 14.2. The molecule has 0 saturated carbocycles. The number of hydrogen-bond donors (Lipinski definition) is 1. The summed E-state index contributed by atoms with van der Waals surface area (Å²) in [7, 11) is 0. The highest BCUT2D eigenvalue weighted by Gasteiger charge is 2.33. The highest BCUT2D eigenvalue weighted by Crippen LogP contribution is 2.41. The van der Waals surface area contributed by atoms with Crippen LogP contribution in [0.5, 0.6) is 5.75 Å². The highest BCUT2D eigenvalue weighted by molar-refractivity contribution is 5.37. The zero-order valence-electron chi connectivity index (χ0n) is 12.8. The van der Waals surface area contributed by atoms with Gasteiger partial charge in [-0.15, -0.1) is 0 Å². The second kappa shape index (κ2) is 5.93. The Bertz CT molecular complexity index is 599. The van der Waals surface area contributed by atoms with Gasteiger partial charge in [0.2, 0.25) is 0 Å². The van der Waals surface area contributed by atoms with Crippen LogP contribution in [0.15, 0.2) is 48.5 Å². The van der Waals surface area contributed by atoms with Crippen LogP contribution in [0.2, 0.25) is 0 Å². The molecule has 0 amide bonds. The van der Waals surface area contributed by atoms with E-state index < -0.39 is 0 Å². The third-order valence-electron chi connectivity index (χ3n) is 4.96. The predicted octanol–water partition coefficient (Wildman–Crippen LogP) is 5.01. The zero-order valence-corrected chi connectivity index (χ0v) is 12.8. The fraction of sp³-hybridized carbons (Fsp3) is 0.400. The van der Waals surface area contributed by atoms with E-state index >= 15 is 0 Å². The molecule has 0 aromatic heterocycles. The molecule has 1 aliphatic carbocycles. The fourth-order valence-corrected chi connectivity index (χ4v) is 3.94. The van der Waals surface area contributed by atoms with Crippen molar-refractivity contribution in [2.45, 2.75) is 50.9 Å². The Labute approximate surface area is 127 Å². The molecule has 0 fully saturated rings. The van der Waals surface area contributed by atoms with E-state index in [-0.39, 0.29) is 5.41 Å². The van der Waals surface area contributed by atoms with Crippen molar-refractivity contribution in [2.75, 3.05) is 0 Å². The molecule has 0 aliphatic heterocycles. The minimum Gasteiger partial charge on any atom is -0.508 e. The molecule has 1 unspecified atom stereocenters. The van der Waals surface area contributed by atoms with Crippen molar-refractivity contribution in [3.8, 4) is 5.75 Å². The third kappa shape index (κ3) is 2.83. The summed E-state index contributed by atoms with van der Waals surface area (Å²) in [5.74, 6) is 0.361. The maximum absolute atomic E-state index is 9.58. The minimum absolute atomic E-state index is 0.231. The molecule has 1 nitrogen and oxygen atoms in total. The summed E-state index contributed by atoms with van der Waals surface area (Å²) >= 11 is 0. The fourth-order valence-electron chi connectivity index (χ4n) is 3.94. The summed E-state index contributed by atoms with van der Waals surface area (Å²) in [6.07, 6.45) is 7.22. The molecular formula is C20H24O. The third-order valence-corrected chi connectivity index (χ3v) is 4.96. The molecule has 21 heavy (non-hydrogen) atoms. The molecule has 3 rings (SSSR count). The molecule has 1 aliphatic rings. The second-order valence-corrected chi connectivity index (χ2v) is 6.38. The Hall–Kier alpha value is -1.76. The van der Waals surface area contributed by atoms with E-state index in [1.165, 1.54) is 48.8 Å². The van der Waals surface area contributed by atoms with Gasteiger partial charge in [-0.25, -0.2) is 0 Å². The first-order valence-electron chi connectivity index (χ1n) is 8.10. The SMILES string of the molecule is CCCC1(c2ccc(O)cc2)CCCc2ccccc2C1. The van der Waals surface area contributed by atoms with Crippen LogP contribution in [-0.4, -0.2) is 5.11 Å². The van der Waals surface area contributed by atoms with Gasteiger partial charge in [-0.2, -0.15) is 0 Å². The van der Waals surface area contributed by atoms with E-state index in [0.29, 0.717) is 5.75 Å². The molecule has 1 N–H and O–H groups in total. The topological polar surface area (TPSA) is 20.2 Å². The lowest BCUT2D eigenvalue weighted by Gasteiger charge is -2.34. The predicted molar refractivity (Wildman–Crippen MR) is 87.8 cm³/mol. The molecule has 2 aromatic carbocycles. The van der Waals surface area contributed by atoms with Gasteiger partial charge in [0.05, 0.1) is 0 Å². The molecule has 2 aromatic rings. The molecule has 0 saturated heterocycles. The van der Waals surface area contributed by atoms with Gasteiger partial charge in [0.15, 0.2) is 0 Å². The van der Waals surface area contributed by atoms with Crippen molar-refractivity contribution < 1.29 is 5.11 Å². The normalized spacial score (nSPS) is 21.6. The monoisotopic (exact) mass is 280 g/mol. The average molecular weight is 280 g/mol. The van der Waals surface area contributed by atoms with Gasteiger partial charge >= 0.3 is 0 Å². The van der Waals surface area contributed by atoms with E-state index in [2.05, 4.69) is 43.3 Å². The standard InChI is InChI=1S/C20H24O/c1-2-13-20(18-9-11-19(21)12-10-18)14-5-8-16-6-3-4-7-17(16)15-20/h3-4,6-7,9-12,21H,2,5,8,13-15H2,1H3. The summed E-state index contributed by atoms with van der Waals surface area (Å²) in [5, 5.41) is 9.58. The number of rotatable bonds is 3. The molecule has 0 bridgehead atoms. The van der Waals surface area contributed by atoms with Gasteiger partial charge in [-0.05, 0) is 66.3 Å². The number of hydrogen-bond acceptors (Lipinski definition) is 1.